The maximum Gasteiger partial charge on any atom is 0.334 e. The molecule has 0 rings (SSSR count). The maximum atomic E-state index is 10.8. The largest absolute Gasteiger partial charge is 0.510 e. The van der Waals surface area contributed by atoms with Crippen LogP contribution in [0.5, 0.6) is 0 Å². The van der Waals surface area contributed by atoms with E-state index in [4.69, 9.17) is 14.6 Å². The third-order valence-corrected chi connectivity index (χ3v) is 1.25. The number of carbonyl (C=O) groups is 1. The number of hydrogen-bond acceptors (Lipinski definition) is 5. The smallest absolute Gasteiger partial charge is 0.334 e. The van der Waals surface area contributed by atoms with Gasteiger partial charge < -0.3 is 19.3 Å². The summed E-state index contributed by atoms with van der Waals surface area (Å²) in [5.41, 5.74) is 0. The van der Waals surface area contributed by atoms with E-state index in [1.54, 1.807) is 14.0 Å². The van der Waals surface area contributed by atoms with Crippen molar-refractivity contribution >= 4 is 5.97 Å². The first-order valence-electron chi connectivity index (χ1n) is 4.33. The predicted octanol–water partition coefficient (Wildman–Crippen LogP) is 0.654. The summed E-state index contributed by atoms with van der Waals surface area (Å²) in [6, 6.07) is 0. The first kappa shape index (κ1) is 12.9. The second-order valence-electron chi connectivity index (χ2n) is 2.43. The van der Waals surface area contributed by atoms with E-state index in [1.165, 1.54) is 0 Å². The highest BCUT2D eigenvalue weighted by molar-refractivity contribution is 5.82. The minimum atomic E-state index is -0.569. The monoisotopic (exact) mass is 204 g/mol. The van der Waals surface area contributed by atoms with Crippen LogP contribution in [-0.4, -0.2) is 44.6 Å². The molecule has 0 unspecified atom stereocenters. The van der Waals surface area contributed by atoms with Crippen molar-refractivity contribution in [3.8, 4) is 0 Å². The summed E-state index contributed by atoms with van der Waals surface area (Å²) in [6.45, 7) is 2.79. The Hall–Kier alpha value is -1.07. The van der Waals surface area contributed by atoms with Gasteiger partial charge in [0, 0.05) is 7.11 Å². The van der Waals surface area contributed by atoms with Crippen molar-refractivity contribution in [3.05, 3.63) is 11.8 Å². The number of rotatable bonds is 7. The van der Waals surface area contributed by atoms with Crippen LogP contribution in [0.2, 0.25) is 0 Å². The second-order valence-corrected chi connectivity index (χ2v) is 2.43. The van der Waals surface area contributed by atoms with Gasteiger partial charge in [0.1, 0.15) is 12.4 Å². The van der Waals surface area contributed by atoms with E-state index < -0.39 is 5.97 Å². The van der Waals surface area contributed by atoms with E-state index >= 15 is 0 Å². The molecule has 5 heteroatoms. The Morgan fingerprint density at radius 2 is 2.14 bits per heavy atom. The van der Waals surface area contributed by atoms with Gasteiger partial charge in [0.2, 0.25) is 0 Å². The fraction of sp³-hybridized carbons (Fsp3) is 0.667. The Bertz CT molecular complexity index is 188. The van der Waals surface area contributed by atoms with Gasteiger partial charge in [-0.2, -0.15) is 0 Å². The van der Waals surface area contributed by atoms with Crippen LogP contribution in [0.1, 0.15) is 6.92 Å². The van der Waals surface area contributed by atoms with Crippen molar-refractivity contribution in [2.45, 2.75) is 6.92 Å². The second kappa shape index (κ2) is 8.52. The quantitative estimate of drug-likeness (QED) is 0.285. The lowest BCUT2D eigenvalue weighted by molar-refractivity contribution is -0.137. The van der Waals surface area contributed by atoms with Crippen LogP contribution in [0.4, 0.5) is 0 Å². The van der Waals surface area contributed by atoms with E-state index in [1.807, 2.05) is 0 Å². The number of aliphatic hydroxyl groups is 1. The average Bonchev–Trinajstić information content (AvgIpc) is 2.13. The SMILES string of the molecule is CCOC(=O)/C=C(\O)COCCOC. The molecule has 82 valence electrons. The van der Waals surface area contributed by atoms with Crippen molar-refractivity contribution < 1.29 is 24.1 Å². The van der Waals surface area contributed by atoms with Crippen molar-refractivity contribution in [3.63, 3.8) is 0 Å². The zero-order valence-electron chi connectivity index (χ0n) is 8.49. The van der Waals surface area contributed by atoms with Crippen molar-refractivity contribution in [2.75, 3.05) is 33.5 Å². The topological polar surface area (TPSA) is 65.0 Å². The highest BCUT2D eigenvalue weighted by Gasteiger charge is 2.00. The molecule has 0 saturated carbocycles. The molecule has 0 aromatic rings. The summed E-state index contributed by atoms with van der Waals surface area (Å²) in [4.78, 5) is 10.8. The molecule has 0 atom stereocenters. The minimum Gasteiger partial charge on any atom is -0.510 e. The Balaban J connectivity index is 3.60. The van der Waals surface area contributed by atoms with Gasteiger partial charge in [-0.3, -0.25) is 0 Å². The average molecular weight is 204 g/mol. The van der Waals surface area contributed by atoms with Crippen LogP contribution in [0.3, 0.4) is 0 Å². The molecule has 0 aliphatic carbocycles. The van der Waals surface area contributed by atoms with Crippen LogP contribution in [0, 0.1) is 0 Å². The Labute approximate surface area is 83.3 Å². The third-order valence-electron chi connectivity index (χ3n) is 1.25. The van der Waals surface area contributed by atoms with Gasteiger partial charge in [-0.25, -0.2) is 4.79 Å². The van der Waals surface area contributed by atoms with Gasteiger partial charge in [0.15, 0.2) is 0 Å². The minimum absolute atomic E-state index is 0.0117. The molecule has 0 aliphatic heterocycles. The maximum absolute atomic E-state index is 10.8. The molecular weight excluding hydrogens is 188 g/mol. The van der Waals surface area contributed by atoms with E-state index in [0.29, 0.717) is 13.2 Å². The molecule has 0 aromatic heterocycles. The number of hydrogen-bond donors (Lipinski definition) is 1. The Morgan fingerprint density at radius 1 is 1.43 bits per heavy atom. The van der Waals surface area contributed by atoms with Gasteiger partial charge >= 0.3 is 5.97 Å². The summed E-state index contributed by atoms with van der Waals surface area (Å²) in [5.74, 6) is -0.722. The van der Waals surface area contributed by atoms with Gasteiger partial charge in [-0.15, -0.1) is 0 Å². The molecule has 0 radical (unpaired) electrons. The van der Waals surface area contributed by atoms with Crippen LogP contribution < -0.4 is 0 Å². The lowest BCUT2D eigenvalue weighted by Gasteiger charge is -2.02. The zero-order valence-corrected chi connectivity index (χ0v) is 8.49. The van der Waals surface area contributed by atoms with Gasteiger partial charge in [0.25, 0.3) is 0 Å². The predicted molar refractivity (Wildman–Crippen MR) is 50.0 cm³/mol. The van der Waals surface area contributed by atoms with Crippen molar-refractivity contribution in [1.82, 2.24) is 0 Å². The Morgan fingerprint density at radius 3 is 2.71 bits per heavy atom. The van der Waals surface area contributed by atoms with E-state index in [-0.39, 0.29) is 19.0 Å². The highest BCUT2D eigenvalue weighted by atomic mass is 16.5. The molecule has 0 aromatic carbocycles. The Kier molecular flexibility index (Phi) is 7.87. The zero-order chi connectivity index (χ0) is 10.8. The molecule has 0 bridgehead atoms. The molecule has 0 spiro atoms. The standard InChI is InChI=1S/C9H16O5/c1-3-14-9(11)6-8(10)7-13-5-4-12-2/h6,10H,3-5,7H2,1-2H3/b8-6-. The molecule has 5 nitrogen and oxygen atoms in total. The first-order valence-corrected chi connectivity index (χ1v) is 4.33. The number of esters is 1. The van der Waals surface area contributed by atoms with Gasteiger partial charge in [0.05, 0.1) is 25.9 Å². The molecule has 0 fully saturated rings. The van der Waals surface area contributed by atoms with Crippen LogP contribution in [0.15, 0.2) is 11.8 Å². The summed E-state index contributed by atoms with van der Waals surface area (Å²) >= 11 is 0. The number of ether oxygens (including phenoxy) is 3. The third kappa shape index (κ3) is 7.57. The fourth-order valence-electron chi connectivity index (χ4n) is 0.681. The molecule has 0 aliphatic rings. The fourth-order valence-corrected chi connectivity index (χ4v) is 0.681. The number of aliphatic hydroxyl groups excluding tert-OH is 1. The molecule has 0 saturated heterocycles. The van der Waals surface area contributed by atoms with Crippen molar-refractivity contribution in [2.24, 2.45) is 0 Å². The van der Waals surface area contributed by atoms with Gasteiger partial charge in [-0.1, -0.05) is 0 Å². The van der Waals surface area contributed by atoms with Crippen LogP contribution in [0.25, 0.3) is 0 Å². The molecule has 0 heterocycles. The lowest BCUT2D eigenvalue weighted by atomic mass is 10.4. The highest BCUT2D eigenvalue weighted by Crippen LogP contribution is 1.92. The van der Waals surface area contributed by atoms with Gasteiger partial charge in [-0.05, 0) is 6.92 Å². The molecule has 1 N–H and O–H groups in total. The molecule has 14 heavy (non-hydrogen) atoms. The lowest BCUT2D eigenvalue weighted by Crippen LogP contribution is -2.07. The summed E-state index contributed by atoms with van der Waals surface area (Å²) in [6.07, 6.45) is 0.996. The molecule has 0 amide bonds. The van der Waals surface area contributed by atoms with E-state index in [0.717, 1.165) is 6.08 Å². The van der Waals surface area contributed by atoms with Crippen molar-refractivity contribution in [1.29, 1.82) is 0 Å². The summed E-state index contributed by atoms with van der Waals surface area (Å²) < 4.78 is 14.3. The van der Waals surface area contributed by atoms with E-state index in [2.05, 4.69) is 4.74 Å². The number of carbonyl (C=O) groups excluding carboxylic acids is 1. The summed E-state index contributed by atoms with van der Waals surface area (Å²) in [5, 5.41) is 9.14. The summed E-state index contributed by atoms with van der Waals surface area (Å²) in [7, 11) is 1.55. The van der Waals surface area contributed by atoms with E-state index in [9.17, 15) is 4.79 Å². The normalized spacial score (nSPS) is 11.4. The number of methoxy groups -OCH3 is 1. The van der Waals surface area contributed by atoms with Crippen LogP contribution in [-0.2, 0) is 19.0 Å². The van der Waals surface area contributed by atoms with Crippen LogP contribution >= 0.6 is 0 Å². The molecular formula is C9H16O5. The first-order chi connectivity index (χ1) is 6.70.